The Balaban J connectivity index is 2.95. The number of esters is 1. The maximum atomic E-state index is 12.5. The Labute approximate surface area is 111 Å². The van der Waals surface area contributed by atoms with E-state index in [0.29, 0.717) is 6.07 Å². The standard InChI is InChI=1S/C11H9ClF3NO3/c1-2-19-10(18)9(17)16-8-5-6(11(13,14)15)3-4-7(8)12/h3-5H,2H2,1H3,(H,16,17). The molecule has 0 saturated heterocycles. The third kappa shape index (κ3) is 4.13. The van der Waals surface area contributed by atoms with Crippen molar-refractivity contribution in [2.75, 3.05) is 11.9 Å². The molecule has 0 heterocycles. The maximum absolute atomic E-state index is 12.5. The van der Waals surface area contributed by atoms with Crippen molar-refractivity contribution >= 4 is 29.2 Å². The van der Waals surface area contributed by atoms with Gasteiger partial charge in [-0.05, 0) is 25.1 Å². The molecule has 1 aromatic carbocycles. The highest BCUT2D eigenvalue weighted by Gasteiger charge is 2.31. The topological polar surface area (TPSA) is 55.4 Å². The van der Waals surface area contributed by atoms with Crippen molar-refractivity contribution in [2.45, 2.75) is 13.1 Å². The van der Waals surface area contributed by atoms with Gasteiger partial charge >= 0.3 is 18.1 Å². The van der Waals surface area contributed by atoms with Crippen molar-refractivity contribution in [2.24, 2.45) is 0 Å². The Morgan fingerprint density at radius 3 is 2.53 bits per heavy atom. The molecule has 1 amide bonds. The average molecular weight is 296 g/mol. The number of alkyl halides is 3. The van der Waals surface area contributed by atoms with Gasteiger partial charge in [0.1, 0.15) is 0 Å². The SMILES string of the molecule is CCOC(=O)C(=O)Nc1cc(C(F)(F)F)ccc1Cl. The first-order chi connectivity index (χ1) is 8.75. The highest BCUT2D eigenvalue weighted by molar-refractivity contribution is 6.39. The molecular formula is C11H9ClF3NO3. The van der Waals surface area contributed by atoms with Crippen LogP contribution < -0.4 is 5.32 Å². The number of hydrogen-bond donors (Lipinski definition) is 1. The molecule has 8 heteroatoms. The largest absolute Gasteiger partial charge is 0.459 e. The van der Waals surface area contributed by atoms with E-state index in [0.717, 1.165) is 12.1 Å². The Kier molecular flexibility index (Phi) is 4.77. The first-order valence-corrected chi connectivity index (χ1v) is 5.48. The Bertz CT molecular complexity index is 502. The van der Waals surface area contributed by atoms with Crippen LogP contribution in [0.5, 0.6) is 0 Å². The zero-order valence-corrected chi connectivity index (χ0v) is 10.4. The normalized spacial score (nSPS) is 11.0. The number of carbonyl (C=O) groups is 2. The van der Waals surface area contributed by atoms with Crippen LogP contribution in [-0.2, 0) is 20.5 Å². The number of benzene rings is 1. The minimum atomic E-state index is -4.58. The minimum Gasteiger partial charge on any atom is -0.459 e. The lowest BCUT2D eigenvalue weighted by atomic mass is 10.2. The number of nitrogens with one attached hydrogen (secondary N) is 1. The smallest absolute Gasteiger partial charge is 0.416 e. The number of hydrogen-bond acceptors (Lipinski definition) is 3. The fourth-order valence-corrected chi connectivity index (χ4v) is 1.33. The van der Waals surface area contributed by atoms with E-state index in [9.17, 15) is 22.8 Å². The molecule has 4 nitrogen and oxygen atoms in total. The molecule has 1 N–H and O–H groups in total. The zero-order valence-electron chi connectivity index (χ0n) is 9.68. The molecule has 19 heavy (non-hydrogen) atoms. The summed E-state index contributed by atoms with van der Waals surface area (Å²) < 4.78 is 41.8. The number of ether oxygens (including phenoxy) is 1. The number of carbonyl (C=O) groups excluding carboxylic acids is 2. The van der Waals surface area contributed by atoms with Gasteiger partial charge in [-0.1, -0.05) is 11.6 Å². The summed E-state index contributed by atoms with van der Waals surface area (Å²) in [6.45, 7) is 1.46. The first kappa shape index (κ1) is 15.3. The average Bonchev–Trinajstić information content (AvgIpc) is 2.30. The van der Waals surface area contributed by atoms with Crippen LogP contribution in [0.4, 0.5) is 18.9 Å². The second kappa shape index (κ2) is 5.92. The van der Waals surface area contributed by atoms with Crippen molar-refractivity contribution in [3.63, 3.8) is 0 Å². The zero-order chi connectivity index (χ0) is 14.6. The summed E-state index contributed by atoms with van der Waals surface area (Å²) >= 11 is 5.64. The summed E-state index contributed by atoms with van der Waals surface area (Å²) in [6, 6.07) is 2.38. The van der Waals surface area contributed by atoms with Gasteiger partial charge in [0.15, 0.2) is 0 Å². The second-order valence-corrected chi connectivity index (χ2v) is 3.77. The van der Waals surface area contributed by atoms with Crippen LogP contribution >= 0.6 is 11.6 Å². The molecular weight excluding hydrogens is 287 g/mol. The van der Waals surface area contributed by atoms with E-state index < -0.39 is 23.6 Å². The molecule has 1 rings (SSSR count). The summed E-state index contributed by atoms with van der Waals surface area (Å²) in [7, 11) is 0. The van der Waals surface area contributed by atoms with Gasteiger partial charge < -0.3 is 10.1 Å². The van der Waals surface area contributed by atoms with Crippen molar-refractivity contribution in [3.05, 3.63) is 28.8 Å². The lowest BCUT2D eigenvalue weighted by Gasteiger charge is -2.11. The maximum Gasteiger partial charge on any atom is 0.416 e. The van der Waals surface area contributed by atoms with Gasteiger partial charge in [0.25, 0.3) is 0 Å². The lowest BCUT2D eigenvalue weighted by molar-refractivity contribution is -0.152. The van der Waals surface area contributed by atoms with E-state index in [1.165, 1.54) is 6.92 Å². The third-order valence-corrected chi connectivity index (χ3v) is 2.33. The van der Waals surface area contributed by atoms with Gasteiger partial charge in [-0.15, -0.1) is 0 Å². The van der Waals surface area contributed by atoms with Crippen LogP contribution in [-0.4, -0.2) is 18.5 Å². The minimum absolute atomic E-state index is 0.0252. The van der Waals surface area contributed by atoms with Gasteiger partial charge in [-0.3, -0.25) is 4.79 Å². The van der Waals surface area contributed by atoms with Gasteiger partial charge in [0.2, 0.25) is 0 Å². The lowest BCUT2D eigenvalue weighted by Crippen LogP contribution is -2.25. The van der Waals surface area contributed by atoms with E-state index in [4.69, 9.17) is 11.6 Å². The van der Waals surface area contributed by atoms with Crippen molar-refractivity contribution in [3.8, 4) is 0 Å². The Morgan fingerprint density at radius 2 is 2.00 bits per heavy atom. The summed E-state index contributed by atoms with van der Waals surface area (Å²) in [5, 5.41) is 1.84. The van der Waals surface area contributed by atoms with Crippen LogP contribution in [0.3, 0.4) is 0 Å². The van der Waals surface area contributed by atoms with Crippen LogP contribution in [0.1, 0.15) is 12.5 Å². The molecule has 104 valence electrons. The third-order valence-electron chi connectivity index (χ3n) is 2.00. The van der Waals surface area contributed by atoms with E-state index in [2.05, 4.69) is 4.74 Å². The molecule has 1 aromatic rings. The predicted molar refractivity (Wildman–Crippen MR) is 61.7 cm³/mol. The van der Waals surface area contributed by atoms with Gasteiger partial charge in [0.05, 0.1) is 22.9 Å². The fourth-order valence-electron chi connectivity index (χ4n) is 1.17. The Hall–Kier alpha value is -1.76. The molecule has 0 aliphatic heterocycles. The van der Waals surface area contributed by atoms with E-state index in [1.54, 1.807) is 0 Å². The first-order valence-electron chi connectivity index (χ1n) is 5.10. The van der Waals surface area contributed by atoms with Crippen LogP contribution in [0.2, 0.25) is 5.02 Å². The molecule has 0 atom stereocenters. The van der Waals surface area contributed by atoms with E-state index >= 15 is 0 Å². The monoisotopic (exact) mass is 295 g/mol. The van der Waals surface area contributed by atoms with Crippen LogP contribution in [0.15, 0.2) is 18.2 Å². The molecule has 0 unspecified atom stereocenters. The van der Waals surface area contributed by atoms with E-state index in [-0.39, 0.29) is 17.3 Å². The molecule has 0 aromatic heterocycles. The fraction of sp³-hybridized carbons (Fsp3) is 0.273. The summed E-state index contributed by atoms with van der Waals surface area (Å²) in [4.78, 5) is 22.3. The number of rotatable bonds is 2. The highest BCUT2D eigenvalue weighted by Crippen LogP contribution is 2.33. The van der Waals surface area contributed by atoms with Gasteiger partial charge in [0, 0.05) is 0 Å². The number of anilines is 1. The van der Waals surface area contributed by atoms with Crippen LogP contribution in [0, 0.1) is 0 Å². The van der Waals surface area contributed by atoms with Crippen molar-refractivity contribution in [1.29, 1.82) is 0 Å². The second-order valence-electron chi connectivity index (χ2n) is 3.37. The molecule has 0 aliphatic carbocycles. The van der Waals surface area contributed by atoms with Gasteiger partial charge in [-0.2, -0.15) is 13.2 Å². The highest BCUT2D eigenvalue weighted by atomic mass is 35.5. The summed E-state index contributed by atoms with van der Waals surface area (Å²) in [6.07, 6.45) is -4.58. The molecule has 0 saturated carbocycles. The molecule has 0 radical (unpaired) electrons. The molecule has 0 aliphatic rings. The molecule has 0 fully saturated rings. The van der Waals surface area contributed by atoms with Crippen molar-refractivity contribution < 1.29 is 27.5 Å². The predicted octanol–water partition coefficient (Wildman–Crippen LogP) is 2.86. The van der Waals surface area contributed by atoms with Crippen LogP contribution in [0.25, 0.3) is 0 Å². The van der Waals surface area contributed by atoms with Crippen molar-refractivity contribution in [1.82, 2.24) is 0 Å². The van der Waals surface area contributed by atoms with E-state index in [1.807, 2.05) is 5.32 Å². The Morgan fingerprint density at radius 1 is 1.37 bits per heavy atom. The number of halogens is 4. The summed E-state index contributed by atoms with van der Waals surface area (Å²) in [5.41, 5.74) is -1.30. The molecule has 0 bridgehead atoms. The summed E-state index contributed by atoms with van der Waals surface area (Å²) in [5.74, 6) is -2.39. The quantitative estimate of drug-likeness (QED) is 0.674. The van der Waals surface area contributed by atoms with Gasteiger partial charge in [-0.25, -0.2) is 4.79 Å². The number of amides is 1. The molecule has 0 spiro atoms.